The Balaban J connectivity index is 2.11. The van der Waals surface area contributed by atoms with E-state index in [1.165, 1.54) is 12.1 Å². The fraction of sp³-hybridized carbons (Fsp3) is 0.538. The Morgan fingerprint density at radius 1 is 1.00 bits per heavy atom. The standard InChI is InChI=1S/C13H20F2N2/c1-16-7-2-3-8-17-9-6-11-4-5-12(14)13(15)10-11/h4-5,10,16-17H,2-3,6-9H2,1H3. The lowest BCUT2D eigenvalue weighted by Crippen LogP contribution is -2.19. The summed E-state index contributed by atoms with van der Waals surface area (Å²) >= 11 is 0. The molecule has 0 unspecified atom stereocenters. The molecule has 0 heterocycles. The van der Waals surface area contributed by atoms with Crippen molar-refractivity contribution in [2.45, 2.75) is 19.3 Å². The molecule has 4 heteroatoms. The molecule has 0 aliphatic heterocycles. The van der Waals surface area contributed by atoms with E-state index < -0.39 is 11.6 Å². The molecule has 1 aromatic carbocycles. The molecular formula is C13H20F2N2. The number of hydrogen-bond donors (Lipinski definition) is 2. The van der Waals surface area contributed by atoms with Gasteiger partial charge in [0, 0.05) is 0 Å². The van der Waals surface area contributed by atoms with Gasteiger partial charge in [0.15, 0.2) is 11.6 Å². The van der Waals surface area contributed by atoms with E-state index in [4.69, 9.17) is 0 Å². The number of benzene rings is 1. The van der Waals surface area contributed by atoms with Gasteiger partial charge in [-0.15, -0.1) is 0 Å². The Hall–Kier alpha value is -1.00. The molecule has 0 fully saturated rings. The molecular weight excluding hydrogens is 222 g/mol. The molecule has 0 atom stereocenters. The Morgan fingerprint density at radius 2 is 1.76 bits per heavy atom. The van der Waals surface area contributed by atoms with Crippen LogP contribution < -0.4 is 10.6 Å². The molecule has 2 N–H and O–H groups in total. The molecule has 0 aliphatic rings. The van der Waals surface area contributed by atoms with Crippen LogP contribution in [0.4, 0.5) is 8.78 Å². The summed E-state index contributed by atoms with van der Waals surface area (Å²) in [6.07, 6.45) is 3.00. The van der Waals surface area contributed by atoms with Crippen LogP contribution in [0.2, 0.25) is 0 Å². The van der Waals surface area contributed by atoms with Crippen molar-refractivity contribution >= 4 is 0 Å². The van der Waals surface area contributed by atoms with Crippen LogP contribution in [0.15, 0.2) is 18.2 Å². The predicted molar refractivity (Wildman–Crippen MR) is 66.1 cm³/mol. The number of nitrogens with one attached hydrogen (secondary N) is 2. The van der Waals surface area contributed by atoms with Crippen LogP contribution in [0.3, 0.4) is 0 Å². The van der Waals surface area contributed by atoms with Crippen LogP contribution >= 0.6 is 0 Å². The minimum Gasteiger partial charge on any atom is -0.320 e. The van der Waals surface area contributed by atoms with E-state index in [9.17, 15) is 8.78 Å². The van der Waals surface area contributed by atoms with Crippen molar-refractivity contribution in [1.82, 2.24) is 10.6 Å². The van der Waals surface area contributed by atoms with Crippen LogP contribution in [0, 0.1) is 11.6 Å². The van der Waals surface area contributed by atoms with Crippen molar-refractivity contribution in [2.24, 2.45) is 0 Å². The second-order valence-electron chi connectivity index (χ2n) is 4.06. The summed E-state index contributed by atoms with van der Waals surface area (Å²) in [7, 11) is 1.94. The molecule has 0 amide bonds. The van der Waals surface area contributed by atoms with Crippen LogP contribution in [-0.2, 0) is 6.42 Å². The average molecular weight is 242 g/mol. The maximum Gasteiger partial charge on any atom is 0.159 e. The van der Waals surface area contributed by atoms with Gasteiger partial charge in [-0.25, -0.2) is 8.78 Å². The molecule has 0 saturated carbocycles. The smallest absolute Gasteiger partial charge is 0.159 e. The van der Waals surface area contributed by atoms with Gasteiger partial charge in [-0.1, -0.05) is 6.07 Å². The molecule has 0 spiro atoms. The van der Waals surface area contributed by atoms with Crippen molar-refractivity contribution < 1.29 is 8.78 Å². The van der Waals surface area contributed by atoms with Crippen molar-refractivity contribution in [3.63, 3.8) is 0 Å². The predicted octanol–water partition coefficient (Wildman–Crippen LogP) is 2.10. The van der Waals surface area contributed by atoms with E-state index in [2.05, 4.69) is 10.6 Å². The van der Waals surface area contributed by atoms with Gasteiger partial charge in [-0.3, -0.25) is 0 Å². The fourth-order valence-electron chi connectivity index (χ4n) is 1.60. The van der Waals surface area contributed by atoms with Gasteiger partial charge in [0.2, 0.25) is 0 Å². The molecule has 17 heavy (non-hydrogen) atoms. The number of hydrogen-bond acceptors (Lipinski definition) is 2. The lowest BCUT2D eigenvalue weighted by Gasteiger charge is -2.05. The molecule has 0 saturated heterocycles. The molecule has 96 valence electrons. The third-order valence-electron chi connectivity index (χ3n) is 2.60. The van der Waals surface area contributed by atoms with E-state index in [0.29, 0.717) is 0 Å². The van der Waals surface area contributed by atoms with E-state index in [-0.39, 0.29) is 0 Å². The van der Waals surface area contributed by atoms with Crippen molar-refractivity contribution in [3.05, 3.63) is 35.4 Å². The third-order valence-corrected chi connectivity index (χ3v) is 2.60. The van der Waals surface area contributed by atoms with E-state index in [1.54, 1.807) is 6.07 Å². The minimum absolute atomic E-state index is 0.725. The quantitative estimate of drug-likeness (QED) is 0.682. The normalized spacial score (nSPS) is 10.8. The first-order valence-corrected chi connectivity index (χ1v) is 6.03. The Morgan fingerprint density at radius 3 is 2.47 bits per heavy atom. The first-order valence-electron chi connectivity index (χ1n) is 6.03. The molecule has 0 aliphatic carbocycles. The molecule has 0 bridgehead atoms. The van der Waals surface area contributed by atoms with Crippen LogP contribution in [0.1, 0.15) is 18.4 Å². The highest BCUT2D eigenvalue weighted by Crippen LogP contribution is 2.08. The van der Waals surface area contributed by atoms with E-state index in [1.807, 2.05) is 7.05 Å². The summed E-state index contributed by atoms with van der Waals surface area (Å²) in [6, 6.07) is 4.07. The first kappa shape index (κ1) is 14.1. The minimum atomic E-state index is -0.784. The summed E-state index contributed by atoms with van der Waals surface area (Å²) < 4.78 is 25.6. The summed E-state index contributed by atoms with van der Waals surface area (Å²) in [4.78, 5) is 0. The lowest BCUT2D eigenvalue weighted by molar-refractivity contribution is 0.506. The molecule has 2 nitrogen and oxygen atoms in total. The van der Waals surface area contributed by atoms with E-state index >= 15 is 0 Å². The fourth-order valence-corrected chi connectivity index (χ4v) is 1.60. The topological polar surface area (TPSA) is 24.1 Å². The molecule has 0 radical (unpaired) electrons. The van der Waals surface area contributed by atoms with Crippen LogP contribution in [-0.4, -0.2) is 26.7 Å². The number of rotatable bonds is 8. The van der Waals surface area contributed by atoms with Gasteiger partial charge in [0.1, 0.15) is 0 Å². The summed E-state index contributed by atoms with van der Waals surface area (Å²) in [6.45, 7) is 2.79. The Labute approximate surface area is 101 Å². The van der Waals surface area contributed by atoms with Crippen molar-refractivity contribution in [2.75, 3.05) is 26.7 Å². The van der Waals surface area contributed by atoms with Gasteiger partial charge >= 0.3 is 0 Å². The third kappa shape index (κ3) is 5.75. The average Bonchev–Trinajstić information content (AvgIpc) is 2.32. The SMILES string of the molecule is CNCCCCNCCc1ccc(F)c(F)c1. The van der Waals surface area contributed by atoms with Crippen molar-refractivity contribution in [1.29, 1.82) is 0 Å². The summed E-state index contributed by atoms with van der Waals surface area (Å²) in [5, 5.41) is 6.37. The highest BCUT2D eigenvalue weighted by molar-refractivity contribution is 5.17. The number of unbranched alkanes of at least 4 members (excludes halogenated alkanes) is 1. The zero-order valence-corrected chi connectivity index (χ0v) is 10.2. The highest BCUT2D eigenvalue weighted by Gasteiger charge is 2.01. The largest absolute Gasteiger partial charge is 0.320 e. The maximum atomic E-state index is 12.9. The van der Waals surface area contributed by atoms with Crippen LogP contribution in [0.5, 0.6) is 0 Å². The van der Waals surface area contributed by atoms with Crippen molar-refractivity contribution in [3.8, 4) is 0 Å². The summed E-state index contributed by atoms with van der Waals surface area (Å²) in [5.74, 6) is -1.55. The first-order chi connectivity index (χ1) is 8.24. The van der Waals surface area contributed by atoms with Gasteiger partial charge in [0.05, 0.1) is 0 Å². The lowest BCUT2D eigenvalue weighted by atomic mass is 10.1. The number of halogens is 2. The van der Waals surface area contributed by atoms with Gasteiger partial charge in [-0.2, -0.15) is 0 Å². The van der Waals surface area contributed by atoms with Gasteiger partial charge in [0.25, 0.3) is 0 Å². The van der Waals surface area contributed by atoms with Crippen LogP contribution in [0.25, 0.3) is 0 Å². The van der Waals surface area contributed by atoms with Gasteiger partial charge in [-0.05, 0) is 63.6 Å². The van der Waals surface area contributed by atoms with Gasteiger partial charge < -0.3 is 10.6 Å². The summed E-state index contributed by atoms with van der Waals surface area (Å²) in [5.41, 5.74) is 0.826. The van der Waals surface area contributed by atoms with E-state index in [0.717, 1.165) is 44.5 Å². The second-order valence-corrected chi connectivity index (χ2v) is 4.06. The zero-order chi connectivity index (χ0) is 12.5. The molecule has 1 aromatic rings. The molecule has 1 rings (SSSR count). The zero-order valence-electron chi connectivity index (χ0n) is 10.2. The maximum absolute atomic E-state index is 12.9. The monoisotopic (exact) mass is 242 g/mol. The second kappa shape index (κ2) is 8.14. The molecule has 0 aromatic heterocycles. The highest BCUT2D eigenvalue weighted by atomic mass is 19.2. The Kier molecular flexibility index (Phi) is 6.74. The Bertz CT molecular complexity index is 329.